The first kappa shape index (κ1) is 22.3. The summed E-state index contributed by atoms with van der Waals surface area (Å²) in [5.41, 5.74) is 5.07. The number of rotatable bonds is 10. The van der Waals surface area contributed by atoms with E-state index in [1.54, 1.807) is 14.2 Å². The Kier molecular flexibility index (Phi) is 8.75. The van der Waals surface area contributed by atoms with Crippen molar-refractivity contribution >= 4 is 5.57 Å². The monoisotopic (exact) mass is 412 g/mol. The number of ether oxygens (including phenoxy) is 4. The summed E-state index contributed by atoms with van der Waals surface area (Å²) in [7, 11) is 3.23. The third-order valence-electron chi connectivity index (χ3n) is 5.49. The largest absolute Gasteiger partial charge is 0.468 e. The molecule has 1 N–H and O–H groups in total. The molecule has 2 aromatic carbocycles. The van der Waals surface area contributed by atoms with Crippen molar-refractivity contribution in [2.75, 3.05) is 34.4 Å². The lowest BCUT2D eigenvalue weighted by atomic mass is 9.79. The number of benzene rings is 2. The Morgan fingerprint density at radius 2 is 1.40 bits per heavy atom. The highest BCUT2D eigenvalue weighted by Gasteiger charge is 2.21. The van der Waals surface area contributed by atoms with Crippen LogP contribution in [0.25, 0.3) is 5.57 Å². The van der Waals surface area contributed by atoms with Crippen LogP contribution in [0.4, 0.5) is 0 Å². The topological polar surface area (TPSA) is 57.2 Å². The van der Waals surface area contributed by atoms with Gasteiger partial charge in [0.25, 0.3) is 0 Å². The number of allylic oxidation sites excluding steroid dienone is 1. The van der Waals surface area contributed by atoms with Crippen LogP contribution in [0.2, 0.25) is 0 Å². The summed E-state index contributed by atoms with van der Waals surface area (Å²) in [6.07, 6.45) is 5.32. The average molecular weight is 413 g/mol. The molecule has 0 aromatic heterocycles. The van der Waals surface area contributed by atoms with Crippen LogP contribution in [0.15, 0.2) is 54.1 Å². The normalized spacial score (nSPS) is 16.4. The Balaban J connectivity index is 1.93. The minimum absolute atomic E-state index is 0.235. The molecule has 1 unspecified atom stereocenters. The van der Waals surface area contributed by atoms with Gasteiger partial charge in [-0.1, -0.05) is 29.8 Å². The lowest BCUT2D eigenvalue weighted by Gasteiger charge is -2.27. The molecule has 5 heteroatoms. The minimum Gasteiger partial charge on any atom is -0.468 e. The first-order valence-corrected chi connectivity index (χ1v) is 10.5. The van der Waals surface area contributed by atoms with Gasteiger partial charge in [-0.15, -0.1) is 0 Å². The predicted molar refractivity (Wildman–Crippen MR) is 118 cm³/mol. The van der Waals surface area contributed by atoms with E-state index in [1.165, 1.54) is 28.7 Å². The molecule has 5 nitrogen and oxygen atoms in total. The Bertz CT molecular complexity index is 740. The van der Waals surface area contributed by atoms with Gasteiger partial charge in [0.1, 0.15) is 11.5 Å². The second kappa shape index (κ2) is 11.7. The Hall–Kier alpha value is -2.34. The van der Waals surface area contributed by atoms with Crippen LogP contribution >= 0.6 is 0 Å². The second-order valence-electron chi connectivity index (χ2n) is 7.60. The highest BCUT2D eigenvalue weighted by molar-refractivity contribution is 5.82. The molecule has 1 fully saturated rings. The van der Waals surface area contributed by atoms with Gasteiger partial charge in [-0.2, -0.15) is 0 Å². The van der Waals surface area contributed by atoms with Crippen molar-refractivity contribution in [1.82, 2.24) is 0 Å². The van der Waals surface area contributed by atoms with Crippen molar-refractivity contribution in [2.45, 2.75) is 32.1 Å². The van der Waals surface area contributed by atoms with E-state index >= 15 is 0 Å². The van der Waals surface area contributed by atoms with Crippen molar-refractivity contribution in [2.24, 2.45) is 5.92 Å². The molecule has 0 amide bonds. The molecule has 1 saturated carbocycles. The molecule has 3 rings (SSSR count). The van der Waals surface area contributed by atoms with E-state index in [4.69, 9.17) is 18.9 Å². The summed E-state index contributed by atoms with van der Waals surface area (Å²) in [6, 6.07) is 16.4. The van der Waals surface area contributed by atoms with E-state index in [9.17, 15) is 5.11 Å². The summed E-state index contributed by atoms with van der Waals surface area (Å²) < 4.78 is 21.1. The standard InChI is InChI=1S/C25H32O5/c1-27-17-29-23-10-6-20(7-11-23)25(22-5-3-4-19(16-22)14-15-26)21-8-12-24(13-9-21)30-18-28-2/h6-13,19,26H,3-5,14-18H2,1-2H3. The predicted octanol–water partition coefficient (Wildman–Crippen LogP) is 5.03. The molecule has 1 aliphatic rings. The molecule has 2 aromatic rings. The summed E-state index contributed by atoms with van der Waals surface area (Å²) in [5.74, 6) is 2.12. The highest BCUT2D eigenvalue weighted by Crippen LogP contribution is 2.39. The van der Waals surface area contributed by atoms with Gasteiger partial charge in [0.15, 0.2) is 13.6 Å². The molecule has 162 valence electrons. The van der Waals surface area contributed by atoms with E-state index in [-0.39, 0.29) is 20.2 Å². The Morgan fingerprint density at radius 3 is 1.87 bits per heavy atom. The summed E-state index contributed by atoms with van der Waals surface area (Å²) in [6.45, 7) is 0.725. The van der Waals surface area contributed by atoms with E-state index in [1.807, 2.05) is 24.3 Å². The molecule has 0 spiro atoms. The molecule has 0 heterocycles. The second-order valence-corrected chi connectivity index (χ2v) is 7.60. The number of aliphatic hydroxyl groups excluding tert-OH is 1. The average Bonchev–Trinajstić information content (AvgIpc) is 2.79. The quantitative estimate of drug-likeness (QED) is 0.555. The number of methoxy groups -OCH3 is 2. The number of hydrogen-bond donors (Lipinski definition) is 1. The van der Waals surface area contributed by atoms with Gasteiger partial charge in [0, 0.05) is 20.8 Å². The third kappa shape index (κ3) is 6.08. The van der Waals surface area contributed by atoms with Crippen molar-refractivity contribution in [3.8, 4) is 11.5 Å². The fourth-order valence-corrected chi connectivity index (χ4v) is 4.08. The molecule has 30 heavy (non-hydrogen) atoms. The maximum Gasteiger partial charge on any atom is 0.188 e. The smallest absolute Gasteiger partial charge is 0.188 e. The molecular weight excluding hydrogens is 380 g/mol. The SMILES string of the molecule is COCOc1ccc(C(=C2CCCC(CCO)C2)c2ccc(OCOC)cc2)cc1. The Morgan fingerprint density at radius 1 is 0.867 bits per heavy atom. The van der Waals surface area contributed by atoms with Gasteiger partial charge in [0.05, 0.1) is 0 Å². The van der Waals surface area contributed by atoms with Crippen LogP contribution in [0, 0.1) is 5.92 Å². The van der Waals surface area contributed by atoms with Crippen molar-refractivity contribution in [1.29, 1.82) is 0 Å². The van der Waals surface area contributed by atoms with Gasteiger partial charge >= 0.3 is 0 Å². The van der Waals surface area contributed by atoms with Gasteiger partial charge in [-0.25, -0.2) is 0 Å². The van der Waals surface area contributed by atoms with Gasteiger partial charge in [-0.3, -0.25) is 0 Å². The van der Waals surface area contributed by atoms with Crippen LogP contribution in [-0.2, 0) is 9.47 Å². The van der Waals surface area contributed by atoms with Gasteiger partial charge in [0.2, 0.25) is 0 Å². The molecule has 0 radical (unpaired) electrons. The van der Waals surface area contributed by atoms with Gasteiger partial charge < -0.3 is 24.1 Å². The van der Waals surface area contributed by atoms with Gasteiger partial charge in [-0.05, 0) is 79.0 Å². The minimum atomic E-state index is 0.235. The summed E-state index contributed by atoms with van der Waals surface area (Å²) in [4.78, 5) is 0. The fourth-order valence-electron chi connectivity index (χ4n) is 4.08. The molecule has 0 saturated heterocycles. The van der Waals surface area contributed by atoms with Crippen LogP contribution in [0.5, 0.6) is 11.5 Å². The maximum absolute atomic E-state index is 9.42. The van der Waals surface area contributed by atoms with E-state index in [0.29, 0.717) is 5.92 Å². The van der Waals surface area contributed by atoms with Crippen molar-refractivity contribution in [3.05, 3.63) is 65.2 Å². The number of aliphatic hydroxyl groups is 1. The zero-order valence-electron chi connectivity index (χ0n) is 17.9. The fraction of sp³-hybridized carbons (Fsp3) is 0.440. The highest BCUT2D eigenvalue weighted by atomic mass is 16.7. The van der Waals surface area contributed by atoms with Crippen LogP contribution in [0.3, 0.4) is 0 Å². The zero-order valence-corrected chi connectivity index (χ0v) is 17.9. The molecular formula is C25H32O5. The maximum atomic E-state index is 9.42. The first-order chi connectivity index (χ1) is 14.7. The molecule has 1 atom stereocenters. The van der Waals surface area contributed by atoms with Crippen LogP contribution in [-0.4, -0.2) is 39.5 Å². The molecule has 0 bridgehead atoms. The summed E-state index contributed by atoms with van der Waals surface area (Å²) in [5, 5.41) is 9.42. The number of hydrogen-bond acceptors (Lipinski definition) is 5. The van der Waals surface area contributed by atoms with Crippen LogP contribution < -0.4 is 9.47 Å². The van der Waals surface area contributed by atoms with E-state index < -0.39 is 0 Å². The lowest BCUT2D eigenvalue weighted by Crippen LogP contribution is -2.12. The summed E-state index contributed by atoms with van der Waals surface area (Å²) >= 11 is 0. The third-order valence-corrected chi connectivity index (χ3v) is 5.49. The first-order valence-electron chi connectivity index (χ1n) is 10.5. The van der Waals surface area contributed by atoms with Crippen molar-refractivity contribution in [3.63, 3.8) is 0 Å². The Labute approximate surface area is 179 Å². The van der Waals surface area contributed by atoms with Crippen molar-refractivity contribution < 1.29 is 24.1 Å². The van der Waals surface area contributed by atoms with E-state index in [2.05, 4.69) is 24.3 Å². The van der Waals surface area contributed by atoms with Crippen LogP contribution in [0.1, 0.15) is 43.2 Å². The molecule has 0 aliphatic heterocycles. The zero-order chi connectivity index (χ0) is 21.2. The molecule has 1 aliphatic carbocycles. The lowest BCUT2D eigenvalue weighted by molar-refractivity contribution is 0.0509. The van der Waals surface area contributed by atoms with E-state index in [0.717, 1.165) is 37.2 Å².